The second-order valence-electron chi connectivity index (χ2n) is 3.72. The van der Waals surface area contributed by atoms with Crippen molar-refractivity contribution in [3.63, 3.8) is 0 Å². The molecule has 0 heterocycles. The van der Waals surface area contributed by atoms with Gasteiger partial charge in [-0.05, 0) is 6.42 Å². The first kappa shape index (κ1) is 16.1. The molecule has 0 amide bonds. The number of esters is 1. The highest BCUT2D eigenvalue weighted by atomic mass is 28.3. The van der Waals surface area contributed by atoms with Gasteiger partial charge in [-0.3, -0.25) is 9.59 Å². The molecule has 1 unspecified atom stereocenters. The van der Waals surface area contributed by atoms with Crippen molar-refractivity contribution in [3.8, 4) is 0 Å². The Morgan fingerprint density at radius 2 is 1.82 bits per heavy atom. The van der Waals surface area contributed by atoms with E-state index >= 15 is 0 Å². The highest BCUT2D eigenvalue weighted by Crippen LogP contribution is 2.15. The molecule has 7 heteroatoms. The number of aliphatic carboxylic acids is 1. The Morgan fingerprint density at radius 3 is 2.29 bits per heavy atom. The van der Waals surface area contributed by atoms with Crippen molar-refractivity contribution in [1.29, 1.82) is 0 Å². The van der Waals surface area contributed by atoms with Gasteiger partial charge in [0.25, 0.3) is 0 Å². The third kappa shape index (κ3) is 7.89. The summed E-state index contributed by atoms with van der Waals surface area (Å²) < 4.78 is 15.3. The molecule has 6 nitrogen and oxygen atoms in total. The lowest BCUT2D eigenvalue weighted by Gasteiger charge is -2.18. The molecule has 0 spiro atoms. The number of ether oxygens (including phenoxy) is 1. The van der Waals surface area contributed by atoms with Crippen LogP contribution in [0.1, 0.15) is 26.2 Å². The number of hydrogen-bond acceptors (Lipinski definition) is 5. The molecular weight excluding hydrogens is 244 g/mol. The van der Waals surface area contributed by atoms with Crippen molar-refractivity contribution < 1.29 is 28.3 Å². The van der Waals surface area contributed by atoms with Gasteiger partial charge in [0.1, 0.15) is 0 Å². The third-order valence-corrected chi connectivity index (χ3v) is 4.50. The molecule has 0 aliphatic carbocycles. The molecule has 1 N–H and O–H groups in total. The first-order valence-electron chi connectivity index (χ1n) is 5.44. The molecule has 1 atom stereocenters. The Labute approximate surface area is 103 Å². The molecule has 0 aromatic rings. The minimum Gasteiger partial charge on any atom is -0.481 e. The summed E-state index contributed by atoms with van der Waals surface area (Å²) in [5.74, 6) is -1.48. The number of rotatable bonds is 9. The molecule has 100 valence electrons. The van der Waals surface area contributed by atoms with E-state index in [9.17, 15) is 9.59 Å². The number of carboxylic acids is 1. The van der Waals surface area contributed by atoms with E-state index in [1.807, 2.05) is 6.92 Å². The molecule has 0 aromatic heterocycles. The van der Waals surface area contributed by atoms with Gasteiger partial charge < -0.3 is 18.7 Å². The van der Waals surface area contributed by atoms with Gasteiger partial charge in [-0.2, -0.15) is 0 Å². The number of carbonyl (C=O) groups is 2. The summed E-state index contributed by atoms with van der Waals surface area (Å²) in [6.45, 7) is 2.25. The number of hydrogen-bond donors (Lipinski definition) is 1. The fourth-order valence-electron chi connectivity index (χ4n) is 1.34. The van der Waals surface area contributed by atoms with Crippen LogP contribution in [0.5, 0.6) is 0 Å². The molecule has 0 aliphatic rings. The van der Waals surface area contributed by atoms with E-state index in [1.165, 1.54) is 0 Å². The number of carbonyl (C=O) groups excluding carboxylic acids is 1. The van der Waals surface area contributed by atoms with Crippen molar-refractivity contribution in [2.24, 2.45) is 0 Å². The highest BCUT2D eigenvalue weighted by molar-refractivity contribution is 6.46. The second kappa shape index (κ2) is 9.14. The van der Waals surface area contributed by atoms with Gasteiger partial charge in [0.15, 0.2) is 0 Å². The molecule has 0 rings (SSSR count). The van der Waals surface area contributed by atoms with E-state index in [1.54, 1.807) is 14.2 Å². The predicted octanol–water partition coefficient (Wildman–Crippen LogP) is 0.688. The summed E-state index contributed by atoms with van der Waals surface area (Å²) in [6, 6.07) is 0. The van der Waals surface area contributed by atoms with E-state index in [0.717, 1.165) is 0 Å². The zero-order chi connectivity index (χ0) is 13.3. The Kier molecular flexibility index (Phi) is 8.65. The van der Waals surface area contributed by atoms with Crippen molar-refractivity contribution >= 4 is 21.2 Å². The summed E-state index contributed by atoms with van der Waals surface area (Å²) in [7, 11) is 1.55. The Balaban J connectivity index is 3.68. The SMILES string of the molecule is CO[SiH](OC)C(C)CCOC(=O)CCC(=O)O. The highest BCUT2D eigenvalue weighted by Gasteiger charge is 2.19. The lowest BCUT2D eigenvalue weighted by molar-refractivity contribution is -0.147. The van der Waals surface area contributed by atoms with Gasteiger partial charge in [0.05, 0.1) is 19.4 Å². The third-order valence-electron chi connectivity index (χ3n) is 2.31. The van der Waals surface area contributed by atoms with Gasteiger partial charge in [-0.1, -0.05) is 6.92 Å². The van der Waals surface area contributed by atoms with Gasteiger partial charge >= 0.3 is 21.2 Å². The molecule has 0 aliphatic heterocycles. The van der Waals surface area contributed by atoms with Crippen LogP contribution in [0.4, 0.5) is 0 Å². The summed E-state index contributed by atoms with van der Waals surface area (Å²) >= 11 is 0. The van der Waals surface area contributed by atoms with E-state index < -0.39 is 21.2 Å². The van der Waals surface area contributed by atoms with Gasteiger partial charge in [-0.15, -0.1) is 0 Å². The average Bonchev–Trinajstić information content (AvgIpc) is 2.28. The van der Waals surface area contributed by atoms with Crippen LogP contribution < -0.4 is 0 Å². The van der Waals surface area contributed by atoms with E-state index in [4.69, 9.17) is 18.7 Å². The topological polar surface area (TPSA) is 82.1 Å². The fraction of sp³-hybridized carbons (Fsp3) is 0.800. The first-order chi connectivity index (χ1) is 8.01. The second-order valence-corrected chi connectivity index (χ2v) is 6.54. The minimum atomic E-state index is -1.67. The lowest BCUT2D eigenvalue weighted by Crippen LogP contribution is -2.25. The summed E-state index contributed by atoms with van der Waals surface area (Å²) in [5.41, 5.74) is 0.234. The van der Waals surface area contributed by atoms with E-state index in [-0.39, 0.29) is 25.0 Å². The zero-order valence-electron chi connectivity index (χ0n) is 10.5. The van der Waals surface area contributed by atoms with E-state index in [0.29, 0.717) is 6.42 Å². The van der Waals surface area contributed by atoms with Crippen LogP contribution >= 0.6 is 0 Å². The van der Waals surface area contributed by atoms with E-state index in [2.05, 4.69) is 0 Å². The molecule has 0 saturated carbocycles. The Morgan fingerprint density at radius 1 is 1.24 bits per heavy atom. The maximum absolute atomic E-state index is 11.1. The quantitative estimate of drug-likeness (QED) is 0.487. The van der Waals surface area contributed by atoms with Crippen LogP contribution in [0.3, 0.4) is 0 Å². The van der Waals surface area contributed by atoms with Crippen molar-refractivity contribution in [2.75, 3.05) is 20.8 Å². The van der Waals surface area contributed by atoms with Crippen molar-refractivity contribution in [3.05, 3.63) is 0 Å². The molecule has 0 radical (unpaired) electrons. The monoisotopic (exact) mass is 264 g/mol. The predicted molar refractivity (Wildman–Crippen MR) is 63.0 cm³/mol. The molecule has 0 saturated heterocycles. The molecule has 0 fully saturated rings. The minimum absolute atomic E-state index is 0.0842. The molecule has 0 bridgehead atoms. The normalized spacial score (nSPS) is 12.5. The first-order valence-corrected chi connectivity index (χ1v) is 7.05. The van der Waals surface area contributed by atoms with Gasteiger partial charge in [0.2, 0.25) is 0 Å². The van der Waals surface area contributed by atoms with Crippen LogP contribution in [0, 0.1) is 0 Å². The Bertz CT molecular complexity index is 241. The van der Waals surface area contributed by atoms with Crippen LogP contribution in [0.15, 0.2) is 0 Å². The maximum Gasteiger partial charge on any atom is 0.323 e. The van der Waals surface area contributed by atoms with Crippen LogP contribution in [0.2, 0.25) is 5.54 Å². The lowest BCUT2D eigenvalue weighted by atomic mass is 10.3. The largest absolute Gasteiger partial charge is 0.481 e. The summed E-state index contributed by atoms with van der Waals surface area (Å²) in [4.78, 5) is 21.3. The van der Waals surface area contributed by atoms with Gasteiger partial charge in [0, 0.05) is 19.8 Å². The number of carboxylic acid groups (broad SMARTS) is 1. The maximum atomic E-state index is 11.1. The fourth-order valence-corrected chi connectivity index (χ4v) is 2.87. The van der Waals surface area contributed by atoms with Crippen LogP contribution in [-0.4, -0.2) is 47.2 Å². The summed E-state index contributed by atoms with van der Waals surface area (Å²) in [6.07, 6.45) is 0.387. The molecule has 17 heavy (non-hydrogen) atoms. The Hall–Kier alpha value is -0.923. The van der Waals surface area contributed by atoms with Crippen molar-refractivity contribution in [2.45, 2.75) is 31.7 Å². The zero-order valence-corrected chi connectivity index (χ0v) is 11.6. The van der Waals surface area contributed by atoms with Crippen LogP contribution in [-0.2, 0) is 23.2 Å². The van der Waals surface area contributed by atoms with Crippen molar-refractivity contribution in [1.82, 2.24) is 0 Å². The standard InChI is InChI=1S/C10H20O6Si/c1-8(17(14-2)15-3)6-7-16-10(13)5-4-9(11)12/h8,17H,4-7H2,1-3H3,(H,11,12). The molecular formula is C10H20O6Si. The van der Waals surface area contributed by atoms with Crippen LogP contribution in [0.25, 0.3) is 0 Å². The summed E-state index contributed by atoms with van der Waals surface area (Å²) in [5, 5.41) is 8.38. The molecule has 0 aromatic carbocycles. The van der Waals surface area contributed by atoms with Gasteiger partial charge in [-0.25, -0.2) is 0 Å². The average molecular weight is 264 g/mol. The smallest absolute Gasteiger partial charge is 0.323 e.